The Labute approximate surface area is 126 Å². The second kappa shape index (κ2) is 6.92. The maximum absolute atomic E-state index is 8.84. The lowest BCUT2D eigenvalue weighted by Crippen LogP contribution is -2.35. The predicted molar refractivity (Wildman–Crippen MR) is 84.0 cm³/mol. The van der Waals surface area contributed by atoms with Crippen LogP contribution in [0.25, 0.3) is 0 Å². The molecule has 0 amide bonds. The first kappa shape index (κ1) is 15.1. The number of benzene rings is 2. The standard InChI is InChI=1S/C18H20N2O/c1-18(20,14-19)11-12-21-17-9-7-16(8-10-17)13-15-5-3-2-4-6-15/h2-10H,11-13,20H2,1H3. The maximum Gasteiger partial charge on any atom is 0.119 e. The Morgan fingerprint density at radius 2 is 1.67 bits per heavy atom. The van der Waals surface area contributed by atoms with Gasteiger partial charge in [-0.3, -0.25) is 0 Å². The number of hydrogen-bond donors (Lipinski definition) is 1. The Hall–Kier alpha value is -2.31. The molecule has 2 rings (SSSR count). The maximum atomic E-state index is 8.84. The molecule has 0 spiro atoms. The van der Waals surface area contributed by atoms with Gasteiger partial charge in [0.2, 0.25) is 0 Å². The van der Waals surface area contributed by atoms with Gasteiger partial charge in [-0.25, -0.2) is 0 Å². The summed E-state index contributed by atoms with van der Waals surface area (Å²) in [6.07, 6.45) is 1.42. The van der Waals surface area contributed by atoms with Crippen molar-refractivity contribution in [3.05, 3.63) is 65.7 Å². The molecule has 0 aliphatic heterocycles. The first-order valence-electron chi connectivity index (χ1n) is 7.05. The topological polar surface area (TPSA) is 59.0 Å². The van der Waals surface area contributed by atoms with Gasteiger partial charge >= 0.3 is 0 Å². The van der Waals surface area contributed by atoms with Gasteiger partial charge in [-0.2, -0.15) is 5.26 Å². The first-order valence-corrected chi connectivity index (χ1v) is 7.05. The summed E-state index contributed by atoms with van der Waals surface area (Å²) in [7, 11) is 0. The summed E-state index contributed by atoms with van der Waals surface area (Å²) in [4.78, 5) is 0. The highest BCUT2D eigenvalue weighted by Gasteiger charge is 2.16. The number of nitrogens with zero attached hydrogens (tertiary/aromatic N) is 1. The summed E-state index contributed by atoms with van der Waals surface area (Å²) >= 11 is 0. The molecule has 1 atom stereocenters. The minimum Gasteiger partial charge on any atom is -0.493 e. The summed E-state index contributed by atoms with van der Waals surface area (Å²) in [5, 5.41) is 8.84. The van der Waals surface area contributed by atoms with Crippen LogP contribution in [0.5, 0.6) is 5.75 Å². The largest absolute Gasteiger partial charge is 0.493 e. The third kappa shape index (κ3) is 4.94. The quantitative estimate of drug-likeness (QED) is 0.883. The number of nitriles is 1. The van der Waals surface area contributed by atoms with Crippen molar-refractivity contribution in [3.8, 4) is 11.8 Å². The molecular formula is C18H20N2O. The van der Waals surface area contributed by atoms with E-state index in [-0.39, 0.29) is 0 Å². The molecule has 0 saturated heterocycles. The van der Waals surface area contributed by atoms with Crippen LogP contribution in [0.1, 0.15) is 24.5 Å². The average Bonchev–Trinajstić information content (AvgIpc) is 2.50. The Balaban J connectivity index is 1.86. The predicted octanol–water partition coefficient (Wildman–Crippen LogP) is 3.29. The normalized spacial score (nSPS) is 13.2. The van der Waals surface area contributed by atoms with Crippen molar-refractivity contribution in [2.45, 2.75) is 25.3 Å². The van der Waals surface area contributed by atoms with Crippen LogP contribution in [-0.2, 0) is 6.42 Å². The first-order chi connectivity index (χ1) is 10.1. The lowest BCUT2D eigenvalue weighted by Gasteiger charge is -2.15. The molecule has 0 saturated carbocycles. The van der Waals surface area contributed by atoms with E-state index >= 15 is 0 Å². The molecule has 0 bridgehead atoms. The van der Waals surface area contributed by atoms with Gasteiger partial charge in [-0.05, 0) is 36.6 Å². The average molecular weight is 280 g/mol. The van der Waals surface area contributed by atoms with Crippen LogP contribution in [-0.4, -0.2) is 12.1 Å². The smallest absolute Gasteiger partial charge is 0.119 e. The van der Waals surface area contributed by atoms with Crippen molar-refractivity contribution in [1.82, 2.24) is 0 Å². The molecule has 2 aromatic carbocycles. The molecule has 21 heavy (non-hydrogen) atoms. The minimum absolute atomic E-state index is 0.443. The second-order valence-corrected chi connectivity index (χ2v) is 5.43. The zero-order valence-corrected chi connectivity index (χ0v) is 12.3. The molecule has 108 valence electrons. The fourth-order valence-corrected chi connectivity index (χ4v) is 1.97. The third-order valence-electron chi connectivity index (χ3n) is 3.32. The fraction of sp³-hybridized carbons (Fsp3) is 0.278. The number of nitrogens with two attached hydrogens (primary N) is 1. The van der Waals surface area contributed by atoms with Gasteiger partial charge in [0.15, 0.2) is 0 Å². The van der Waals surface area contributed by atoms with Crippen LogP contribution in [0.15, 0.2) is 54.6 Å². The van der Waals surface area contributed by atoms with Gasteiger partial charge in [0.25, 0.3) is 0 Å². The minimum atomic E-state index is -0.826. The van der Waals surface area contributed by atoms with Crippen LogP contribution in [0.3, 0.4) is 0 Å². The summed E-state index contributed by atoms with van der Waals surface area (Å²) < 4.78 is 5.62. The Bertz CT molecular complexity index is 597. The van der Waals surface area contributed by atoms with E-state index in [1.165, 1.54) is 11.1 Å². The van der Waals surface area contributed by atoms with E-state index in [4.69, 9.17) is 15.7 Å². The van der Waals surface area contributed by atoms with Crippen molar-refractivity contribution >= 4 is 0 Å². The highest BCUT2D eigenvalue weighted by molar-refractivity contribution is 5.31. The third-order valence-corrected chi connectivity index (χ3v) is 3.32. The molecule has 3 nitrogen and oxygen atoms in total. The zero-order chi connectivity index (χ0) is 15.1. The zero-order valence-electron chi connectivity index (χ0n) is 12.3. The van der Waals surface area contributed by atoms with Gasteiger partial charge in [0.05, 0.1) is 12.7 Å². The van der Waals surface area contributed by atoms with Gasteiger partial charge in [-0.1, -0.05) is 42.5 Å². The van der Waals surface area contributed by atoms with E-state index in [0.29, 0.717) is 13.0 Å². The van der Waals surface area contributed by atoms with E-state index in [0.717, 1.165) is 12.2 Å². The number of hydrogen-bond acceptors (Lipinski definition) is 3. The molecule has 2 aromatic rings. The van der Waals surface area contributed by atoms with Gasteiger partial charge in [0.1, 0.15) is 11.3 Å². The van der Waals surface area contributed by atoms with Gasteiger partial charge in [-0.15, -0.1) is 0 Å². The SMILES string of the molecule is CC(N)(C#N)CCOc1ccc(Cc2ccccc2)cc1. The highest BCUT2D eigenvalue weighted by atomic mass is 16.5. The summed E-state index contributed by atoms with van der Waals surface area (Å²) in [6.45, 7) is 2.15. The summed E-state index contributed by atoms with van der Waals surface area (Å²) in [5.41, 5.74) is 7.46. The second-order valence-electron chi connectivity index (χ2n) is 5.43. The van der Waals surface area contributed by atoms with Crippen LogP contribution in [0, 0.1) is 11.3 Å². The lowest BCUT2D eigenvalue weighted by atomic mass is 10.0. The monoisotopic (exact) mass is 280 g/mol. The van der Waals surface area contributed by atoms with Gasteiger partial charge in [0, 0.05) is 6.42 Å². The molecule has 0 aliphatic rings. The molecule has 3 heteroatoms. The van der Waals surface area contributed by atoms with Crippen molar-refractivity contribution < 1.29 is 4.74 Å². The molecular weight excluding hydrogens is 260 g/mol. The van der Waals surface area contributed by atoms with Crippen LogP contribution in [0.2, 0.25) is 0 Å². The van der Waals surface area contributed by atoms with Crippen LogP contribution >= 0.6 is 0 Å². The van der Waals surface area contributed by atoms with Crippen LogP contribution < -0.4 is 10.5 Å². The summed E-state index contributed by atoms with van der Waals surface area (Å²) in [6, 6.07) is 20.5. The molecule has 0 radical (unpaired) electrons. The molecule has 0 aromatic heterocycles. The number of ether oxygens (including phenoxy) is 1. The van der Waals surface area contributed by atoms with E-state index in [1.54, 1.807) is 6.92 Å². The molecule has 2 N–H and O–H groups in total. The summed E-state index contributed by atoms with van der Waals surface area (Å²) in [5.74, 6) is 0.806. The Morgan fingerprint density at radius 1 is 1.05 bits per heavy atom. The van der Waals surface area contributed by atoms with E-state index in [1.807, 2.05) is 30.3 Å². The van der Waals surface area contributed by atoms with Crippen molar-refractivity contribution in [2.24, 2.45) is 5.73 Å². The van der Waals surface area contributed by atoms with Gasteiger partial charge < -0.3 is 10.5 Å². The van der Waals surface area contributed by atoms with E-state index < -0.39 is 5.54 Å². The van der Waals surface area contributed by atoms with Crippen molar-refractivity contribution in [1.29, 1.82) is 5.26 Å². The highest BCUT2D eigenvalue weighted by Crippen LogP contribution is 2.16. The molecule has 0 aliphatic carbocycles. The lowest BCUT2D eigenvalue weighted by molar-refractivity contribution is 0.286. The fourth-order valence-electron chi connectivity index (χ4n) is 1.97. The van der Waals surface area contributed by atoms with Crippen molar-refractivity contribution in [3.63, 3.8) is 0 Å². The van der Waals surface area contributed by atoms with Crippen molar-refractivity contribution in [2.75, 3.05) is 6.61 Å². The van der Waals surface area contributed by atoms with E-state index in [9.17, 15) is 0 Å². The Kier molecular flexibility index (Phi) is 4.97. The molecule has 1 unspecified atom stereocenters. The Morgan fingerprint density at radius 3 is 2.29 bits per heavy atom. The molecule has 0 fully saturated rings. The van der Waals surface area contributed by atoms with Crippen LogP contribution in [0.4, 0.5) is 0 Å². The van der Waals surface area contributed by atoms with E-state index in [2.05, 4.69) is 30.3 Å². The molecule has 0 heterocycles. The number of rotatable bonds is 6.